The number of hydrogen-bond donors (Lipinski definition) is 2. The highest BCUT2D eigenvalue weighted by molar-refractivity contribution is 6.57. The Morgan fingerprint density at radius 1 is 1.54 bits per heavy atom. The van der Waals surface area contributed by atoms with Crippen LogP contribution in [0.3, 0.4) is 0 Å². The van der Waals surface area contributed by atoms with Crippen molar-refractivity contribution in [1.29, 1.82) is 0 Å². The smallest absolute Gasteiger partial charge is 0.422 e. The van der Waals surface area contributed by atoms with E-state index in [-0.39, 0.29) is 5.59 Å². The van der Waals surface area contributed by atoms with E-state index in [9.17, 15) is 4.39 Å². The van der Waals surface area contributed by atoms with Crippen molar-refractivity contribution in [3.05, 3.63) is 36.3 Å². The predicted octanol–water partition coefficient (Wildman–Crippen LogP) is -0.371. The fourth-order valence-corrected chi connectivity index (χ4v) is 0.929. The maximum Gasteiger partial charge on any atom is 0.508 e. The van der Waals surface area contributed by atoms with Crippen molar-refractivity contribution in [2.45, 2.75) is 6.42 Å². The molecule has 2 N–H and O–H groups in total. The third kappa shape index (κ3) is 2.37. The molecule has 0 aliphatic carbocycles. The highest BCUT2D eigenvalue weighted by Gasteiger charge is 2.14. The average Bonchev–Trinajstić information content (AvgIpc) is 2.08. The van der Waals surface area contributed by atoms with Crippen molar-refractivity contribution in [2.24, 2.45) is 0 Å². The van der Waals surface area contributed by atoms with E-state index in [0.29, 0.717) is 12.0 Å². The summed E-state index contributed by atoms with van der Waals surface area (Å²) >= 11 is 0. The Morgan fingerprint density at radius 2 is 2.23 bits per heavy atom. The summed E-state index contributed by atoms with van der Waals surface area (Å²) in [5.41, 5.74) is 0.296. The molecule has 0 unspecified atom stereocenters. The summed E-state index contributed by atoms with van der Waals surface area (Å²) in [7, 11) is -1.73. The van der Waals surface area contributed by atoms with Crippen LogP contribution in [0.5, 0.6) is 0 Å². The summed E-state index contributed by atoms with van der Waals surface area (Å²) in [6, 6.07) is 2.82. The number of allylic oxidation sites excluding steroid dienone is 1. The van der Waals surface area contributed by atoms with Crippen LogP contribution in [0, 0.1) is 5.95 Å². The molecule has 1 heterocycles. The van der Waals surface area contributed by atoms with Crippen LogP contribution < -0.4 is 5.59 Å². The number of pyridine rings is 1. The SMILES string of the molecule is C=CCc1ccc(B(O)O)nc1F. The number of halogens is 1. The first-order valence-electron chi connectivity index (χ1n) is 3.77. The van der Waals surface area contributed by atoms with Gasteiger partial charge in [0, 0.05) is 5.56 Å². The lowest BCUT2D eigenvalue weighted by molar-refractivity contribution is 0.422. The van der Waals surface area contributed by atoms with Gasteiger partial charge in [-0.1, -0.05) is 12.1 Å². The largest absolute Gasteiger partial charge is 0.508 e. The lowest BCUT2D eigenvalue weighted by atomic mass is 9.85. The molecule has 0 saturated carbocycles. The lowest BCUT2D eigenvalue weighted by Crippen LogP contribution is -2.33. The lowest BCUT2D eigenvalue weighted by Gasteiger charge is -2.01. The van der Waals surface area contributed by atoms with E-state index in [0.717, 1.165) is 0 Å². The Hall–Kier alpha value is -1.20. The highest BCUT2D eigenvalue weighted by atomic mass is 19.1. The molecule has 0 aromatic carbocycles. The van der Waals surface area contributed by atoms with Crippen molar-refractivity contribution in [3.8, 4) is 0 Å². The van der Waals surface area contributed by atoms with Crippen LogP contribution in [0.2, 0.25) is 0 Å². The maximum atomic E-state index is 13.0. The first-order valence-corrected chi connectivity index (χ1v) is 3.77. The Balaban J connectivity index is 2.98. The summed E-state index contributed by atoms with van der Waals surface area (Å²) in [5, 5.41) is 17.4. The van der Waals surface area contributed by atoms with Crippen molar-refractivity contribution in [2.75, 3.05) is 0 Å². The van der Waals surface area contributed by atoms with Crippen molar-refractivity contribution in [3.63, 3.8) is 0 Å². The third-order valence-corrected chi connectivity index (χ3v) is 1.58. The summed E-state index contributed by atoms with van der Waals surface area (Å²) in [4.78, 5) is 3.38. The minimum absolute atomic E-state index is 0.0923. The monoisotopic (exact) mass is 181 g/mol. The second-order valence-corrected chi connectivity index (χ2v) is 2.55. The number of nitrogens with zero attached hydrogens (tertiary/aromatic N) is 1. The van der Waals surface area contributed by atoms with Gasteiger partial charge >= 0.3 is 7.12 Å². The molecule has 0 fully saturated rings. The van der Waals surface area contributed by atoms with Gasteiger partial charge < -0.3 is 10.0 Å². The van der Waals surface area contributed by atoms with Crippen LogP contribution in [-0.2, 0) is 6.42 Å². The molecule has 3 nitrogen and oxygen atoms in total. The van der Waals surface area contributed by atoms with Gasteiger partial charge in [0.2, 0.25) is 5.95 Å². The van der Waals surface area contributed by atoms with E-state index in [1.807, 2.05) is 0 Å². The molecule has 1 aromatic heterocycles. The zero-order valence-electron chi connectivity index (χ0n) is 6.94. The van der Waals surface area contributed by atoms with E-state index in [1.165, 1.54) is 12.1 Å². The summed E-state index contributed by atoms with van der Waals surface area (Å²) in [6.45, 7) is 3.46. The molecule has 68 valence electrons. The maximum absolute atomic E-state index is 13.0. The minimum atomic E-state index is -1.73. The van der Waals surface area contributed by atoms with Crippen LogP contribution in [0.4, 0.5) is 4.39 Å². The number of rotatable bonds is 3. The minimum Gasteiger partial charge on any atom is -0.422 e. The molecular weight excluding hydrogens is 172 g/mol. The molecule has 1 rings (SSSR count). The van der Waals surface area contributed by atoms with Gasteiger partial charge in [-0.25, -0.2) is 4.98 Å². The molecule has 0 aliphatic heterocycles. The van der Waals surface area contributed by atoms with Gasteiger partial charge in [-0.05, 0) is 12.5 Å². The Kier molecular flexibility index (Phi) is 3.16. The van der Waals surface area contributed by atoms with Gasteiger partial charge in [0.25, 0.3) is 0 Å². The van der Waals surface area contributed by atoms with Crippen molar-refractivity contribution >= 4 is 12.7 Å². The molecule has 0 spiro atoms. The van der Waals surface area contributed by atoms with E-state index < -0.39 is 13.1 Å². The van der Waals surface area contributed by atoms with Crippen LogP contribution in [0.25, 0.3) is 0 Å². The Bertz CT molecular complexity index is 317. The average molecular weight is 181 g/mol. The number of hydrogen-bond acceptors (Lipinski definition) is 3. The highest BCUT2D eigenvalue weighted by Crippen LogP contribution is 2.03. The molecule has 5 heteroatoms. The van der Waals surface area contributed by atoms with Gasteiger partial charge in [0.15, 0.2) is 0 Å². The zero-order valence-corrected chi connectivity index (χ0v) is 6.94. The molecule has 0 bridgehead atoms. The molecule has 13 heavy (non-hydrogen) atoms. The van der Waals surface area contributed by atoms with Crippen molar-refractivity contribution in [1.82, 2.24) is 4.98 Å². The van der Waals surface area contributed by atoms with Gasteiger partial charge in [-0.3, -0.25) is 0 Å². The van der Waals surface area contributed by atoms with Crippen LogP contribution in [-0.4, -0.2) is 22.2 Å². The Labute approximate surface area is 75.7 Å². The van der Waals surface area contributed by atoms with E-state index in [4.69, 9.17) is 10.0 Å². The molecule has 0 radical (unpaired) electrons. The van der Waals surface area contributed by atoms with Crippen LogP contribution in [0.15, 0.2) is 24.8 Å². The molecular formula is C8H9BFNO2. The first kappa shape index (κ1) is 9.89. The summed E-state index contributed by atoms with van der Waals surface area (Å²) in [6.07, 6.45) is 1.93. The summed E-state index contributed by atoms with van der Waals surface area (Å²) < 4.78 is 13.0. The molecule has 0 atom stereocenters. The topological polar surface area (TPSA) is 53.4 Å². The third-order valence-electron chi connectivity index (χ3n) is 1.58. The van der Waals surface area contributed by atoms with E-state index in [2.05, 4.69) is 11.6 Å². The molecule has 1 aromatic rings. The Morgan fingerprint density at radius 3 is 2.69 bits per heavy atom. The van der Waals surface area contributed by atoms with Gasteiger partial charge in [0.1, 0.15) is 0 Å². The molecule has 0 amide bonds. The first-order chi connectivity index (χ1) is 6.15. The van der Waals surface area contributed by atoms with Crippen LogP contribution in [0.1, 0.15) is 5.56 Å². The van der Waals surface area contributed by atoms with E-state index >= 15 is 0 Å². The normalized spacial score (nSPS) is 9.77. The second kappa shape index (κ2) is 4.16. The van der Waals surface area contributed by atoms with Gasteiger partial charge in [-0.2, -0.15) is 4.39 Å². The summed E-state index contributed by atoms with van der Waals surface area (Å²) in [5.74, 6) is -0.689. The van der Waals surface area contributed by atoms with Crippen LogP contribution >= 0.6 is 0 Å². The molecule has 0 aliphatic rings. The fourth-order valence-electron chi connectivity index (χ4n) is 0.929. The standard InChI is InChI=1S/C8H9BFNO2/c1-2-3-6-4-5-7(9(12)13)11-8(6)10/h2,4-5,12-13H,1,3H2. The fraction of sp³-hybridized carbons (Fsp3) is 0.125. The van der Waals surface area contributed by atoms with E-state index in [1.54, 1.807) is 6.08 Å². The predicted molar refractivity (Wildman–Crippen MR) is 47.9 cm³/mol. The van der Waals surface area contributed by atoms with Gasteiger partial charge in [0.05, 0.1) is 5.59 Å². The second-order valence-electron chi connectivity index (χ2n) is 2.55. The zero-order chi connectivity index (χ0) is 9.84. The quantitative estimate of drug-likeness (QED) is 0.380. The van der Waals surface area contributed by atoms with Crippen molar-refractivity contribution < 1.29 is 14.4 Å². The molecule has 0 saturated heterocycles. The van der Waals surface area contributed by atoms with Gasteiger partial charge in [-0.15, -0.1) is 6.58 Å². The number of aromatic nitrogens is 1.